The number of nitro groups is 1. The number of ether oxygens (including phenoxy) is 1. The Balaban J connectivity index is 1.51. The molecule has 0 bridgehead atoms. The maximum atomic E-state index is 12.8. The van der Waals surface area contributed by atoms with E-state index in [0.29, 0.717) is 31.5 Å². The molecule has 1 aliphatic carbocycles. The maximum absolute atomic E-state index is 12.8. The molecule has 31 heavy (non-hydrogen) atoms. The summed E-state index contributed by atoms with van der Waals surface area (Å²) < 4.78 is 5.21. The molecule has 1 saturated carbocycles. The SMILES string of the molecule is COc1cccc(CCNc2ccc(N3C(=O)[C@H]4CCCC[C@@H]4C3=O)cc2[N+](=O)[O-])c1. The first kappa shape index (κ1) is 20.8. The third-order valence-electron chi connectivity index (χ3n) is 6.14. The molecule has 2 aromatic carbocycles. The van der Waals surface area contributed by atoms with Crippen molar-refractivity contribution in [3.05, 3.63) is 58.1 Å². The fourth-order valence-electron chi connectivity index (χ4n) is 4.55. The molecule has 2 amide bonds. The van der Waals surface area contributed by atoms with E-state index < -0.39 is 4.92 Å². The highest BCUT2D eigenvalue weighted by molar-refractivity contribution is 6.22. The van der Waals surface area contributed by atoms with E-state index in [9.17, 15) is 19.7 Å². The van der Waals surface area contributed by atoms with Crippen LogP contribution in [-0.2, 0) is 16.0 Å². The van der Waals surface area contributed by atoms with E-state index in [0.717, 1.165) is 29.1 Å². The molecule has 162 valence electrons. The van der Waals surface area contributed by atoms with E-state index in [2.05, 4.69) is 5.32 Å². The Bertz CT molecular complexity index is 998. The molecule has 8 nitrogen and oxygen atoms in total. The Morgan fingerprint density at radius 3 is 2.45 bits per heavy atom. The second kappa shape index (κ2) is 8.75. The number of methoxy groups -OCH3 is 1. The van der Waals surface area contributed by atoms with Gasteiger partial charge in [-0.25, -0.2) is 4.90 Å². The fourth-order valence-corrected chi connectivity index (χ4v) is 4.55. The zero-order chi connectivity index (χ0) is 22.0. The Morgan fingerprint density at radius 2 is 1.81 bits per heavy atom. The molecule has 1 saturated heterocycles. The minimum Gasteiger partial charge on any atom is -0.497 e. The van der Waals surface area contributed by atoms with Gasteiger partial charge in [-0.2, -0.15) is 0 Å². The number of benzene rings is 2. The number of nitrogens with one attached hydrogen (secondary N) is 1. The number of amides is 2. The standard InChI is InChI=1S/C23H25N3O5/c1-31-17-6-4-5-15(13-17)11-12-24-20-10-9-16(14-21(20)26(29)30)25-22(27)18-7-2-3-8-19(18)23(25)28/h4-6,9-10,13-14,18-19,24H,2-3,7-8,11-12H2,1H3/t18-,19-/m0/s1. The summed E-state index contributed by atoms with van der Waals surface area (Å²) >= 11 is 0. The van der Waals surface area contributed by atoms with E-state index in [1.165, 1.54) is 6.07 Å². The maximum Gasteiger partial charge on any atom is 0.294 e. The summed E-state index contributed by atoms with van der Waals surface area (Å²) in [7, 11) is 1.60. The highest BCUT2D eigenvalue weighted by Crippen LogP contribution is 2.41. The molecule has 1 N–H and O–H groups in total. The van der Waals surface area contributed by atoms with Gasteiger partial charge in [0.25, 0.3) is 5.69 Å². The van der Waals surface area contributed by atoms with Gasteiger partial charge >= 0.3 is 0 Å². The molecule has 2 aromatic rings. The first-order chi connectivity index (χ1) is 15.0. The van der Waals surface area contributed by atoms with Crippen LogP contribution in [0.4, 0.5) is 17.1 Å². The van der Waals surface area contributed by atoms with Gasteiger partial charge in [0.2, 0.25) is 11.8 Å². The van der Waals surface area contributed by atoms with Crippen molar-refractivity contribution >= 4 is 28.9 Å². The highest BCUT2D eigenvalue weighted by atomic mass is 16.6. The number of rotatable bonds is 7. The molecule has 2 atom stereocenters. The number of fused-ring (bicyclic) bond motifs is 1. The largest absolute Gasteiger partial charge is 0.497 e. The lowest BCUT2D eigenvalue weighted by atomic mass is 9.81. The lowest BCUT2D eigenvalue weighted by Crippen LogP contribution is -2.30. The second-order valence-corrected chi connectivity index (χ2v) is 8.00. The molecular weight excluding hydrogens is 398 g/mol. The smallest absolute Gasteiger partial charge is 0.294 e. The van der Waals surface area contributed by atoms with Crippen molar-refractivity contribution in [1.82, 2.24) is 0 Å². The monoisotopic (exact) mass is 423 g/mol. The zero-order valence-electron chi connectivity index (χ0n) is 17.4. The van der Waals surface area contributed by atoms with E-state index in [1.54, 1.807) is 19.2 Å². The summed E-state index contributed by atoms with van der Waals surface area (Å²) in [5, 5.41) is 14.8. The van der Waals surface area contributed by atoms with Crippen molar-refractivity contribution < 1.29 is 19.2 Å². The minimum absolute atomic E-state index is 0.154. The average Bonchev–Trinajstić information content (AvgIpc) is 3.04. The molecule has 1 heterocycles. The molecule has 4 rings (SSSR count). The molecule has 0 unspecified atom stereocenters. The number of carbonyl (C=O) groups is 2. The normalized spacial score (nSPS) is 20.5. The van der Waals surface area contributed by atoms with Crippen LogP contribution in [0, 0.1) is 22.0 Å². The van der Waals surface area contributed by atoms with Crippen molar-refractivity contribution in [1.29, 1.82) is 0 Å². The lowest BCUT2D eigenvalue weighted by molar-refractivity contribution is -0.383. The number of hydrogen-bond acceptors (Lipinski definition) is 6. The van der Waals surface area contributed by atoms with Gasteiger partial charge in [0.15, 0.2) is 0 Å². The van der Waals surface area contributed by atoms with Gasteiger partial charge in [-0.1, -0.05) is 25.0 Å². The van der Waals surface area contributed by atoms with Crippen LogP contribution in [0.2, 0.25) is 0 Å². The molecular formula is C23H25N3O5. The van der Waals surface area contributed by atoms with Gasteiger partial charge in [-0.05, 0) is 49.1 Å². The number of anilines is 2. The minimum atomic E-state index is -0.491. The summed E-state index contributed by atoms with van der Waals surface area (Å²) in [6, 6.07) is 12.1. The van der Waals surface area contributed by atoms with Gasteiger partial charge in [0, 0.05) is 12.6 Å². The Kier molecular flexibility index (Phi) is 5.88. The van der Waals surface area contributed by atoms with Crippen molar-refractivity contribution in [2.75, 3.05) is 23.9 Å². The van der Waals surface area contributed by atoms with Crippen molar-refractivity contribution in [2.45, 2.75) is 32.1 Å². The van der Waals surface area contributed by atoms with Crippen molar-refractivity contribution in [3.8, 4) is 5.75 Å². The van der Waals surface area contributed by atoms with Crippen LogP contribution in [-0.4, -0.2) is 30.4 Å². The summed E-state index contributed by atoms with van der Waals surface area (Å²) in [5.41, 5.74) is 1.52. The molecule has 2 aliphatic rings. The van der Waals surface area contributed by atoms with Crippen LogP contribution in [0.3, 0.4) is 0 Å². The second-order valence-electron chi connectivity index (χ2n) is 8.00. The van der Waals surface area contributed by atoms with Gasteiger partial charge < -0.3 is 10.1 Å². The number of carbonyl (C=O) groups excluding carboxylic acids is 2. The van der Waals surface area contributed by atoms with Gasteiger partial charge in [-0.15, -0.1) is 0 Å². The van der Waals surface area contributed by atoms with Crippen LogP contribution >= 0.6 is 0 Å². The number of imide groups is 1. The predicted molar refractivity (Wildman–Crippen MR) is 116 cm³/mol. The fraction of sp³-hybridized carbons (Fsp3) is 0.391. The van der Waals surface area contributed by atoms with E-state index in [4.69, 9.17) is 4.74 Å². The summed E-state index contributed by atoms with van der Waals surface area (Å²) in [6.45, 7) is 0.485. The Hall–Kier alpha value is -3.42. The first-order valence-electron chi connectivity index (χ1n) is 10.5. The molecule has 8 heteroatoms. The van der Waals surface area contributed by atoms with Crippen LogP contribution in [0.15, 0.2) is 42.5 Å². The van der Waals surface area contributed by atoms with Crippen LogP contribution < -0.4 is 15.0 Å². The third kappa shape index (κ3) is 4.10. The van der Waals surface area contributed by atoms with E-state index >= 15 is 0 Å². The van der Waals surface area contributed by atoms with Crippen LogP contribution in [0.5, 0.6) is 5.75 Å². The summed E-state index contributed by atoms with van der Waals surface area (Å²) in [4.78, 5) is 38.0. The molecule has 1 aliphatic heterocycles. The Labute approximate surface area is 180 Å². The van der Waals surface area contributed by atoms with E-state index in [-0.39, 0.29) is 35.0 Å². The van der Waals surface area contributed by atoms with Gasteiger partial charge in [0.05, 0.1) is 29.6 Å². The van der Waals surface area contributed by atoms with Gasteiger partial charge in [0.1, 0.15) is 11.4 Å². The van der Waals surface area contributed by atoms with Crippen LogP contribution in [0.25, 0.3) is 0 Å². The highest BCUT2D eigenvalue weighted by Gasteiger charge is 2.49. The Morgan fingerprint density at radius 1 is 1.10 bits per heavy atom. The molecule has 0 aromatic heterocycles. The number of nitro benzene ring substituents is 1. The summed E-state index contributed by atoms with van der Waals surface area (Å²) in [5.74, 6) is -0.291. The lowest BCUT2D eigenvalue weighted by Gasteiger charge is -2.19. The molecule has 0 spiro atoms. The first-order valence-corrected chi connectivity index (χ1v) is 10.5. The summed E-state index contributed by atoms with van der Waals surface area (Å²) in [6.07, 6.45) is 3.94. The van der Waals surface area contributed by atoms with Crippen LogP contribution in [0.1, 0.15) is 31.2 Å². The molecule has 2 fully saturated rings. The van der Waals surface area contributed by atoms with E-state index in [1.807, 2.05) is 24.3 Å². The quantitative estimate of drug-likeness (QED) is 0.411. The number of nitrogens with zero attached hydrogens (tertiary/aromatic N) is 2. The predicted octanol–water partition coefficient (Wildman–Crippen LogP) is 3.94. The van der Waals surface area contributed by atoms with Crippen molar-refractivity contribution in [2.24, 2.45) is 11.8 Å². The molecule has 0 radical (unpaired) electrons. The zero-order valence-corrected chi connectivity index (χ0v) is 17.4. The third-order valence-corrected chi connectivity index (χ3v) is 6.14. The average molecular weight is 423 g/mol. The number of hydrogen-bond donors (Lipinski definition) is 1. The van der Waals surface area contributed by atoms with Gasteiger partial charge in [-0.3, -0.25) is 19.7 Å². The topological polar surface area (TPSA) is 102 Å². The van der Waals surface area contributed by atoms with Crippen molar-refractivity contribution in [3.63, 3.8) is 0 Å².